The molecular formula is C7H9F3N2O2. The number of rotatable bonds is 5. The van der Waals surface area contributed by atoms with Gasteiger partial charge in [0, 0.05) is 6.54 Å². The molecule has 0 radical (unpaired) electrons. The third kappa shape index (κ3) is 8.80. The predicted molar refractivity (Wildman–Crippen MR) is 40.1 cm³/mol. The van der Waals surface area contributed by atoms with Gasteiger partial charge in [0.1, 0.15) is 13.0 Å². The van der Waals surface area contributed by atoms with Gasteiger partial charge < -0.3 is 10.1 Å². The summed E-state index contributed by atoms with van der Waals surface area (Å²) in [6, 6.07) is 1.60. The van der Waals surface area contributed by atoms with E-state index >= 15 is 0 Å². The quantitative estimate of drug-likeness (QED) is 0.675. The summed E-state index contributed by atoms with van der Waals surface area (Å²) in [7, 11) is 0. The van der Waals surface area contributed by atoms with Crippen LogP contribution in [0.1, 0.15) is 6.42 Å². The van der Waals surface area contributed by atoms with Crippen molar-refractivity contribution in [2.24, 2.45) is 0 Å². The van der Waals surface area contributed by atoms with Crippen LogP contribution in [0.3, 0.4) is 0 Å². The number of hydrogen-bond donors (Lipinski definition) is 1. The van der Waals surface area contributed by atoms with Gasteiger partial charge in [-0.25, -0.2) is 0 Å². The number of carbonyl (C=O) groups excluding carboxylic acids is 1. The largest absolute Gasteiger partial charge is 0.411 e. The van der Waals surface area contributed by atoms with E-state index in [4.69, 9.17) is 5.26 Å². The molecule has 0 aliphatic rings. The van der Waals surface area contributed by atoms with Crippen LogP contribution in [-0.4, -0.2) is 31.8 Å². The molecule has 0 spiro atoms. The van der Waals surface area contributed by atoms with E-state index in [9.17, 15) is 18.0 Å². The molecule has 0 heterocycles. The summed E-state index contributed by atoms with van der Waals surface area (Å²) >= 11 is 0. The molecule has 7 heteroatoms. The molecule has 0 saturated heterocycles. The van der Waals surface area contributed by atoms with Crippen molar-refractivity contribution in [3.05, 3.63) is 0 Å². The molecule has 0 unspecified atom stereocenters. The average Bonchev–Trinajstić information content (AvgIpc) is 2.02. The van der Waals surface area contributed by atoms with E-state index in [0.29, 0.717) is 0 Å². The monoisotopic (exact) mass is 210 g/mol. The Balaban J connectivity index is 3.31. The molecule has 1 amide bonds. The van der Waals surface area contributed by atoms with E-state index in [2.05, 4.69) is 10.1 Å². The van der Waals surface area contributed by atoms with Crippen molar-refractivity contribution in [1.82, 2.24) is 5.32 Å². The lowest BCUT2D eigenvalue weighted by atomic mass is 10.4. The molecule has 0 aromatic heterocycles. The van der Waals surface area contributed by atoms with Gasteiger partial charge in [-0.3, -0.25) is 4.79 Å². The fourth-order valence-corrected chi connectivity index (χ4v) is 0.585. The highest BCUT2D eigenvalue weighted by Crippen LogP contribution is 2.13. The number of alkyl halides is 3. The minimum Gasteiger partial charge on any atom is -0.370 e. The third-order valence-electron chi connectivity index (χ3n) is 1.07. The van der Waals surface area contributed by atoms with E-state index in [-0.39, 0.29) is 19.6 Å². The van der Waals surface area contributed by atoms with Crippen LogP contribution < -0.4 is 5.32 Å². The molecular weight excluding hydrogens is 201 g/mol. The van der Waals surface area contributed by atoms with Gasteiger partial charge in [-0.15, -0.1) is 0 Å². The van der Waals surface area contributed by atoms with Crippen LogP contribution in [0.4, 0.5) is 13.2 Å². The van der Waals surface area contributed by atoms with E-state index in [1.165, 1.54) is 0 Å². The molecule has 80 valence electrons. The van der Waals surface area contributed by atoms with Crippen molar-refractivity contribution in [2.45, 2.75) is 12.6 Å². The lowest BCUT2D eigenvalue weighted by molar-refractivity contribution is -0.173. The smallest absolute Gasteiger partial charge is 0.370 e. The molecule has 0 fully saturated rings. The summed E-state index contributed by atoms with van der Waals surface area (Å²) < 4.78 is 38.7. The van der Waals surface area contributed by atoms with Gasteiger partial charge in [0.15, 0.2) is 0 Å². The highest BCUT2D eigenvalue weighted by molar-refractivity contribution is 5.77. The molecule has 4 nitrogen and oxygen atoms in total. The maximum atomic E-state index is 11.5. The fraction of sp³-hybridized carbons (Fsp3) is 0.714. The number of amides is 1. The van der Waals surface area contributed by atoms with E-state index in [1.807, 2.05) is 0 Å². The minimum absolute atomic E-state index is 0.0312. The van der Waals surface area contributed by atoms with Gasteiger partial charge in [-0.2, -0.15) is 18.4 Å². The van der Waals surface area contributed by atoms with Crippen LogP contribution in [0.15, 0.2) is 0 Å². The highest BCUT2D eigenvalue weighted by Gasteiger charge is 2.27. The van der Waals surface area contributed by atoms with Crippen LogP contribution in [0.25, 0.3) is 0 Å². The second-order valence-electron chi connectivity index (χ2n) is 2.35. The molecule has 0 saturated carbocycles. The van der Waals surface area contributed by atoms with Crippen molar-refractivity contribution in [3.63, 3.8) is 0 Å². The molecule has 0 aromatic carbocycles. The Labute approximate surface area is 78.6 Å². The molecule has 0 rings (SSSR count). The first-order valence-electron chi connectivity index (χ1n) is 3.74. The third-order valence-corrected chi connectivity index (χ3v) is 1.07. The zero-order valence-corrected chi connectivity index (χ0v) is 7.23. The second-order valence-corrected chi connectivity index (χ2v) is 2.35. The summed E-state index contributed by atoms with van der Waals surface area (Å²) in [5.74, 6) is -0.525. The Bertz CT molecular complexity index is 222. The Morgan fingerprint density at radius 1 is 1.50 bits per heavy atom. The SMILES string of the molecule is N#CCC(=O)NCCOCC(F)(F)F. The first-order chi connectivity index (χ1) is 6.45. The average molecular weight is 210 g/mol. The number of nitriles is 1. The maximum absolute atomic E-state index is 11.5. The van der Waals surface area contributed by atoms with E-state index in [1.54, 1.807) is 6.07 Å². The predicted octanol–water partition coefficient (Wildman–Crippen LogP) is 0.595. The van der Waals surface area contributed by atoms with Crippen LogP contribution in [0, 0.1) is 11.3 Å². The Hall–Kier alpha value is -1.29. The topological polar surface area (TPSA) is 62.1 Å². The fourth-order valence-electron chi connectivity index (χ4n) is 0.585. The molecule has 0 aliphatic heterocycles. The van der Waals surface area contributed by atoms with Gasteiger partial charge in [0.05, 0.1) is 12.7 Å². The molecule has 0 aromatic rings. The van der Waals surface area contributed by atoms with Crippen LogP contribution >= 0.6 is 0 Å². The van der Waals surface area contributed by atoms with Gasteiger partial charge in [-0.1, -0.05) is 0 Å². The molecule has 0 bridgehead atoms. The zero-order chi connectivity index (χ0) is 11.0. The zero-order valence-electron chi connectivity index (χ0n) is 7.23. The van der Waals surface area contributed by atoms with Crippen LogP contribution in [0.2, 0.25) is 0 Å². The number of halogens is 3. The molecule has 0 aliphatic carbocycles. The Morgan fingerprint density at radius 3 is 2.64 bits per heavy atom. The number of nitrogens with one attached hydrogen (secondary N) is 1. The molecule has 1 N–H and O–H groups in total. The van der Waals surface area contributed by atoms with Gasteiger partial charge in [0.25, 0.3) is 0 Å². The second kappa shape index (κ2) is 6.21. The van der Waals surface area contributed by atoms with Gasteiger partial charge in [0.2, 0.25) is 5.91 Å². The number of nitrogens with zero attached hydrogens (tertiary/aromatic N) is 1. The standard InChI is InChI=1S/C7H9F3N2O2/c8-7(9,10)5-14-4-3-12-6(13)1-2-11/h1,3-5H2,(H,12,13). The summed E-state index contributed by atoms with van der Waals surface area (Å²) in [5, 5.41) is 10.3. The summed E-state index contributed by atoms with van der Waals surface area (Å²) in [5.41, 5.74) is 0. The van der Waals surface area contributed by atoms with Crippen LogP contribution in [0.5, 0.6) is 0 Å². The summed E-state index contributed by atoms with van der Waals surface area (Å²) in [6.07, 6.45) is -4.66. The molecule has 0 atom stereocenters. The minimum atomic E-state index is -4.35. The lowest BCUT2D eigenvalue weighted by Gasteiger charge is -2.07. The number of hydrogen-bond acceptors (Lipinski definition) is 3. The number of ether oxygens (including phenoxy) is 1. The molecule has 14 heavy (non-hydrogen) atoms. The number of carbonyl (C=O) groups is 1. The van der Waals surface area contributed by atoms with Crippen LogP contribution in [-0.2, 0) is 9.53 Å². The first kappa shape index (κ1) is 12.7. The van der Waals surface area contributed by atoms with Crippen molar-refractivity contribution in [1.29, 1.82) is 5.26 Å². The Kier molecular flexibility index (Phi) is 5.64. The normalized spacial score (nSPS) is 10.7. The first-order valence-corrected chi connectivity index (χ1v) is 3.74. The maximum Gasteiger partial charge on any atom is 0.411 e. The van der Waals surface area contributed by atoms with Gasteiger partial charge in [-0.05, 0) is 0 Å². The van der Waals surface area contributed by atoms with Crippen molar-refractivity contribution >= 4 is 5.91 Å². The van der Waals surface area contributed by atoms with E-state index in [0.717, 1.165) is 0 Å². The Morgan fingerprint density at radius 2 is 2.14 bits per heavy atom. The van der Waals surface area contributed by atoms with Crippen molar-refractivity contribution in [3.8, 4) is 6.07 Å². The van der Waals surface area contributed by atoms with Crippen molar-refractivity contribution in [2.75, 3.05) is 19.8 Å². The van der Waals surface area contributed by atoms with Crippen molar-refractivity contribution < 1.29 is 22.7 Å². The lowest BCUT2D eigenvalue weighted by Crippen LogP contribution is -2.28. The van der Waals surface area contributed by atoms with Gasteiger partial charge >= 0.3 is 6.18 Å². The van der Waals surface area contributed by atoms with E-state index < -0.39 is 18.7 Å². The highest BCUT2D eigenvalue weighted by atomic mass is 19.4. The summed E-state index contributed by atoms with van der Waals surface area (Å²) in [6.45, 7) is -1.59. The summed E-state index contributed by atoms with van der Waals surface area (Å²) in [4.78, 5) is 10.6.